The summed E-state index contributed by atoms with van der Waals surface area (Å²) in [4.78, 5) is 29.0. The molecular weight excluding hydrogens is 454 g/mol. The largest absolute Gasteiger partial charge is 0.443 e. The van der Waals surface area contributed by atoms with Crippen LogP contribution in [0.4, 0.5) is 9.59 Å². The summed E-state index contributed by atoms with van der Waals surface area (Å²) in [6, 6.07) is 19.1. The van der Waals surface area contributed by atoms with Crippen molar-refractivity contribution >= 4 is 12.2 Å². The Hall–Kier alpha value is -3.06. The van der Waals surface area contributed by atoms with E-state index in [2.05, 4.69) is 4.90 Å². The Morgan fingerprint density at radius 2 is 1.22 bits per heavy atom. The summed E-state index contributed by atoms with van der Waals surface area (Å²) in [5.41, 5.74) is 1.83. The van der Waals surface area contributed by atoms with Gasteiger partial charge in [-0.3, -0.25) is 4.90 Å². The van der Waals surface area contributed by atoms with Crippen LogP contribution in [0.3, 0.4) is 0 Å². The van der Waals surface area contributed by atoms with Gasteiger partial charge in [0.15, 0.2) is 0 Å². The van der Waals surface area contributed by atoms with E-state index in [-0.39, 0.29) is 25.3 Å². The lowest BCUT2D eigenvalue weighted by Gasteiger charge is -2.32. The van der Waals surface area contributed by atoms with Gasteiger partial charge in [0.05, 0.1) is 12.1 Å². The van der Waals surface area contributed by atoms with Gasteiger partial charge in [-0.2, -0.15) is 0 Å². The number of hydrazine groups is 1. The summed E-state index contributed by atoms with van der Waals surface area (Å²) < 4.78 is 11.3. The molecule has 1 saturated carbocycles. The second-order valence-corrected chi connectivity index (χ2v) is 10.4. The minimum atomic E-state index is -0.489. The Morgan fingerprint density at radius 3 is 1.72 bits per heavy atom. The van der Waals surface area contributed by atoms with Crippen LogP contribution in [-0.4, -0.2) is 58.8 Å². The molecule has 2 heterocycles. The number of fused-ring (bicyclic) bond motifs is 2. The number of hydrogen-bond acceptors (Lipinski definition) is 5. The molecule has 192 valence electrons. The van der Waals surface area contributed by atoms with Gasteiger partial charge in [-0.05, 0) is 36.4 Å². The van der Waals surface area contributed by atoms with Gasteiger partial charge in [0.2, 0.25) is 0 Å². The third-order valence-corrected chi connectivity index (χ3v) is 7.77. The molecule has 1 aliphatic carbocycles. The predicted octanol–water partition coefficient (Wildman–Crippen LogP) is 5.61. The third-order valence-electron chi connectivity index (χ3n) is 7.77. The van der Waals surface area contributed by atoms with Gasteiger partial charge in [-0.25, -0.2) is 19.6 Å². The highest BCUT2D eigenvalue weighted by atomic mass is 16.6. The van der Waals surface area contributed by atoms with Gasteiger partial charge < -0.3 is 9.47 Å². The Kier molecular flexibility index (Phi) is 8.06. The molecule has 2 aromatic carbocycles. The van der Waals surface area contributed by atoms with Crippen molar-refractivity contribution in [2.45, 2.75) is 70.2 Å². The Labute approximate surface area is 213 Å². The molecule has 7 heteroatoms. The Balaban J connectivity index is 1.26. The number of piperidine rings is 1. The quantitative estimate of drug-likeness (QED) is 0.504. The van der Waals surface area contributed by atoms with Crippen LogP contribution in [0.15, 0.2) is 60.7 Å². The van der Waals surface area contributed by atoms with E-state index < -0.39 is 12.2 Å². The molecule has 0 N–H and O–H groups in total. The zero-order valence-electron chi connectivity index (χ0n) is 21.0. The van der Waals surface area contributed by atoms with Gasteiger partial charge in [0, 0.05) is 13.1 Å². The monoisotopic (exact) mass is 491 g/mol. The molecular formula is C29H37N3O4. The van der Waals surface area contributed by atoms with Gasteiger partial charge in [-0.15, -0.1) is 0 Å². The highest BCUT2D eigenvalue weighted by molar-refractivity contribution is 5.76. The molecule has 36 heavy (non-hydrogen) atoms. The summed E-state index contributed by atoms with van der Waals surface area (Å²) >= 11 is 0. The maximum Gasteiger partial charge on any atom is 0.429 e. The lowest BCUT2D eigenvalue weighted by Crippen LogP contribution is -2.50. The summed E-state index contributed by atoms with van der Waals surface area (Å²) in [7, 11) is 0. The van der Waals surface area contributed by atoms with E-state index in [1.54, 1.807) is 0 Å². The molecule has 2 saturated heterocycles. The number of benzene rings is 2. The number of carbonyl (C=O) groups is 2. The maximum atomic E-state index is 13.3. The minimum absolute atomic E-state index is 0.0948. The van der Waals surface area contributed by atoms with Gasteiger partial charge >= 0.3 is 12.2 Å². The van der Waals surface area contributed by atoms with E-state index >= 15 is 0 Å². The lowest BCUT2D eigenvalue weighted by atomic mass is 9.86. The smallest absolute Gasteiger partial charge is 0.429 e. The Bertz CT molecular complexity index is 927. The van der Waals surface area contributed by atoms with Crippen LogP contribution in [0, 0.1) is 5.92 Å². The molecule has 2 aromatic rings. The topological polar surface area (TPSA) is 62.3 Å². The van der Waals surface area contributed by atoms with E-state index in [1.165, 1.54) is 48.5 Å². The molecule has 2 atom stereocenters. The summed E-state index contributed by atoms with van der Waals surface area (Å²) in [6.07, 6.45) is 7.68. The van der Waals surface area contributed by atoms with Gasteiger partial charge in [0.1, 0.15) is 13.2 Å². The lowest BCUT2D eigenvalue weighted by molar-refractivity contribution is -0.0199. The maximum absolute atomic E-state index is 13.3. The molecule has 0 aromatic heterocycles. The van der Waals surface area contributed by atoms with Crippen molar-refractivity contribution in [2.24, 2.45) is 5.92 Å². The van der Waals surface area contributed by atoms with Crippen LogP contribution in [0.1, 0.15) is 56.1 Å². The fourth-order valence-electron chi connectivity index (χ4n) is 5.91. The number of rotatable bonds is 7. The zero-order chi connectivity index (χ0) is 24.7. The van der Waals surface area contributed by atoms with E-state index in [9.17, 15) is 9.59 Å². The molecule has 7 nitrogen and oxygen atoms in total. The fourth-order valence-corrected chi connectivity index (χ4v) is 5.91. The van der Waals surface area contributed by atoms with Crippen molar-refractivity contribution in [3.8, 4) is 0 Å². The van der Waals surface area contributed by atoms with Crippen LogP contribution in [0.5, 0.6) is 0 Å². The molecule has 3 fully saturated rings. The normalized spacial score (nSPS) is 22.4. The summed E-state index contributed by atoms with van der Waals surface area (Å²) in [5.74, 6) is 0.803. The number of amides is 2. The van der Waals surface area contributed by atoms with Crippen LogP contribution in [0.25, 0.3) is 0 Å². The van der Waals surface area contributed by atoms with Crippen LogP contribution < -0.4 is 0 Å². The number of nitrogens with zero attached hydrogens (tertiary/aromatic N) is 3. The number of likely N-dealkylation sites (tertiary alicyclic amines) is 1. The number of hydrogen-bond donors (Lipinski definition) is 0. The first-order chi connectivity index (χ1) is 17.7. The fraction of sp³-hybridized carbons (Fsp3) is 0.517. The Morgan fingerprint density at radius 1 is 0.722 bits per heavy atom. The van der Waals surface area contributed by atoms with Crippen molar-refractivity contribution < 1.29 is 19.1 Å². The predicted molar refractivity (Wildman–Crippen MR) is 137 cm³/mol. The second-order valence-electron chi connectivity index (χ2n) is 10.4. The first kappa shape index (κ1) is 24.6. The average Bonchev–Trinajstić information content (AvgIpc) is 3.20. The van der Waals surface area contributed by atoms with Gasteiger partial charge in [0.25, 0.3) is 0 Å². The molecule has 3 aliphatic rings. The van der Waals surface area contributed by atoms with Crippen molar-refractivity contribution in [3.63, 3.8) is 0 Å². The first-order valence-electron chi connectivity index (χ1n) is 13.4. The molecule has 2 bridgehead atoms. The molecule has 2 amide bonds. The van der Waals surface area contributed by atoms with Crippen molar-refractivity contribution in [2.75, 3.05) is 19.6 Å². The third kappa shape index (κ3) is 6.01. The number of carbonyl (C=O) groups excluding carboxylic acids is 2. The first-order valence-corrected chi connectivity index (χ1v) is 13.4. The molecule has 0 radical (unpaired) electrons. The van der Waals surface area contributed by atoms with Crippen LogP contribution >= 0.6 is 0 Å². The highest BCUT2D eigenvalue weighted by Gasteiger charge is 2.50. The van der Waals surface area contributed by atoms with Gasteiger partial charge in [-0.1, -0.05) is 92.8 Å². The van der Waals surface area contributed by atoms with Crippen molar-refractivity contribution in [1.29, 1.82) is 0 Å². The van der Waals surface area contributed by atoms with Crippen molar-refractivity contribution in [3.05, 3.63) is 71.8 Å². The van der Waals surface area contributed by atoms with Crippen LogP contribution in [0.2, 0.25) is 0 Å². The van der Waals surface area contributed by atoms with E-state index in [1.807, 2.05) is 60.7 Å². The average molecular weight is 492 g/mol. The summed E-state index contributed by atoms with van der Waals surface area (Å²) in [6.45, 7) is 2.87. The van der Waals surface area contributed by atoms with Crippen LogP contribution in [-0.2, 0) is 22.7 Å². The molecule has 2 unspecified atom stereocenters. The van der Waals surface area contributed by atoms with E-state index in [0.29, 0.717) is 0 Å². The van der Waals surface area contributed by atoms with E-state index in [0.717, 1.165) is 43.1 Å². The zero-order valence-corrected chi connectivity index (χ0v) is 21.0. The second kappa shape index (κ2) is 11.8. The number of ether oxygens (including phenoxy) is 2. The summed E-state index contributed by atoms with van der Waals surface area (Å²) in [5, 5.41) is 3.06. The van der Waals surface area contributed by atoms with Crippen molar-refractivity contribution in [1.82, 2.24) is 14.9 Å². The SMILES string of the molecule is O=C(OCc1ccccc1)N1C2CC(CN(CCC3CCCCC3)C2)N1C(=O)OCc1ccccc1. The minimum Gasteiger partial charge on any atom is -0.443 e. The van der Waals surface area contributed by atoms with E-state index in [4.69, 9.17) is 9.47 Å². The molecule has 2 aliphatic heterocycles. The standard InChI is InChI=1S/C29H37N3O4/c33-28(35-21-24-12-6-2-7-13-24)31-26-18-27(20-30(19-26)17-16-23-10-4-1-5-11-23)32(31)29(34)36-22-25-14-8-3-9-15-25/h2-3,6-9,12-15,23,26-27H,1,4-5,10-11,16-22H2. The molecule has 5 rings (SSSR count). The highest BCUT2D eigenvalue weighted by Crippen LogP contribution is 2.33. The molecule has 0 spiro atoms.